The monoisotopic (exact) mass is 853 g/mol. The summed E-state index contributed by atoms with van der Waals surface area (Å²) < 4.78 is 5.33. The molecule has 0 unspecified atom stereocenters. The Morgan fingerprint density at radius 1 is 0.242 bits per heavy atom. The van der Waals surface area contributed by atoms with Gasteiger partial charge in [0, 0.05) is 0 Å². The van der Waals surface area contributed by atoms with Gasteiger partial charge in [-0.25, -0.2) is 0 Å². The summed E-state index contributed by atoms with van der Waals surface area (Å²) in [6.45, 7) is 0. The summed E-state index contributed by atoms with van der Waals surface area (Å²) in [7, 11) is 0. The van der Waals surface area contributed by atoms with Gasteiger partial charge in [-0.05, 0) is 0 Å². The van der Waals surface area contributed by atoms with E-state index < -0.39 is 0 Å². The fraction of sp³-hybridized carbons (Fsp3) is 0. The molecule has 2 aromatic heterocycles. The Morgan fingerprint density at radius 3 is 1.18 bits per heavy atom. The van der Waals surface area contributed by atoms with Crippen LogP contribution in [0, 0.1) is 0 Å². The third-order valence-corrected chi connectivity index (χ3v) is 15.1. The zero-order valence-electron chi connectivity index (χ0n) is 33.9. The first-order chi connectivity index (χ1) is 30.7. The molecule has 0 spiro atoms. The van der Waals surface area contributed by atoms with Crippen molar-refractivity contribution in [3.05, 3.63) is 237 Å². The summed E-state index contributed by atoms with van der Waals surface area (Å²) in [6, 6.07) is 87.2. The van der Waals surface area contributed by atoms with Crippen LogP contribution in [-0.4, -0.2) is 19.1 Å². The molecule has 2 heteroatoms. The molecule has 2 heterocycles. The SMILES string of the molecule is c1ccc(-c2cccc(-c3cc(-c4ccc5c(c4)c4cc(-c6ccccc6)ccc4n5-c4ccccc4)cc(-c4cccc5c4[se]c4c(-c6ccccc6)cccc45)c3)c2)cc1. The van der Waals surface area contributed by atoms with E-state index in [-0.39, 0.29) is 14.5 Å². The van der Waals surface area contributed by atoms with E-state index in [4.69, 9.17) is 0 Å². The third kappa shape index (κ3) is 6.32. The van der Waals surface area contributed by atoms with E-state index in [2.05, 4.69) is 241 Å². The van der Waals surface area contributed by atoms with Crippen LogP contribution in [0.25, 0.3) is 114 Å². The fourth-order valence-electron chi connectivity index (χ4n) is 9.39. The molecule has 0 N–H and O–H groups in total. The van der Waals surface area contributed by atoms with Gasteiger partial charge in [-0.15, -0.1) is 0 Å². The number of benzene rings is 10. The zero-order chi connectivity index (χ0) is 41.0. The van der Waals surface area contributed by atoms with Crippen LogP contribution in [0.15, 0.2) is 237 Å². The van der Waals surface area contributed by atoms with Crippen molar-refractivity contribution >= 4 is 55.6 Å². The average molecular weight is 853 g/mol. The zero-order valence-corrected chi connectivity index (χ0v) is 35.6. The molecule has 0 aliphatic heterocycles. The Kier molecular flexibility index (Phi) is 8.92. The molecule has 0 radical (unpaired) electrons. The van der Waals surface area contributed by atoms with E-state index in [0.29, 0.717) is 0 Å². The molecule has 0 saturated heterocycles. The maximum atomic E-state index is 2.43. The first-order valence-electron chi connectivity index (χ1n) is 21.2. The van der Waals surface area contributed by atoms with Gasteiger partial charge in [0.15, 0.2) is 0 Å². The maximum absolute atomic E-state index is 2.43. The van der Waals surface area contributed by atoms with Crippen molar-refractivity contribution in [1.29, 1.82) is 0 Å². The second-order valence-corrected chi connectivity index (χ2v) is 18.2. The number of para-hydroxylation sites is 1. The molecule has 0 saturated carbocycles. The van der Waals surface area contributed by atoms with Crippen molar-refractivity contribution in [2.75, 3.05) is 0 Å². The number of aromatic nitrogens is 1. The first kappa shape index (κ1) is 36.4. The van der Waals surface area contributed by atoms with E-state index in [1.54, 1.807) is 0 Å². The van der Waals surface area contributed by atoms with Gasteiger partial charge in [0.25, 0.3) is 0 Å². The third-order valence-electron chi connectivity index (χ3n) is 12.4. The molecule has 0 amide bonds. The van der Waals surface area contributed by atoms with Gasteiger partial charge in [-0.1, -0.05) is 48.5 Å². The predicted octanol–water partition coefficient (Wildman–Crippen LogP) is 16.1. The van der Waals surface area contributed by atoms with Crippen molar-refractivity contribution in [2.45, 2.75) is 0 Å². The van der Waals surface area contributed by atoms with Gasteiger partial charge >= 0.3 is 321 Å². The van der Waals surface area contributed by atoms with Crippen LogP contribution in [0.4, 0.5) is 0 Å². The molecule has 0 atom stereocenters. The van der Waals surface area contributed by atoms with Crippen LogP contribution in [0.1, 0.15) is 0 Å². The number of fused-ring (bicyclic) bond motifs is 6. The summed E-state index contributed by atoms with van der Waals surface area (Å²) in [4.78, 5) is 0. The fourth-order valence-corrected chi connectivity index (χ4v) is 12.3. The van der Waals surface area contributed by atoms with Crippen LogP contribution in [0.5, 0.6) is 0 Å². The van der Waals surface area contributed by atoms with E-state index in [1.807, 2.05) is 0 Å². The average Bonchev–Trinajstić information content (AvgIpc) is 3.90. The minimum atomic E-state index is 0.131. The van der Waals surface area contributed by atoms with Crippen LogP contribution in [-0.2, 0) is 0 Å². The summed E-state index contributed by atoms with van der Waals surface area (Å²) in [5, 5.41) is 5.21. The first-order valence-corrected chi connectivity index (χ1v) is 23.0. The summed E-state index contributed by atoms with van der Waals surface area (Å²) in [6.07, 6.45) is 0. The van der Waals surface area contributed by atoms with Crippen molar-refractivity contribution in [1.82, 2.24) is 4.57 Å². The second-order valence-electron chi connectivity index (χ2n) is 16.1. The molecule has 0 aliphatic carbocycles. The van der Waals surface area contributed by atoms with Crippen LogP contribution in [0.3, 0.4) is 0 Å². The molecule has 62 heavy (non-hydrogen) atoms. The van der Waals surface area contributed by atoms with Gasteiger partial charge < -0.3 is 0 Å². The minimum absolute atomic E-state index is 0.131. The van der Waals surface area contributed by atoms with Crippen molar-refractivity contribution in [3.8, 4) is 72.4 Å². The second kappa shape index (κ2) is 15.2. The molecule has 1 nitrogen and oxygen atoms in total. The quantitative estimate of drug-likeness (QED) is 0.141. The molecule has 10 aromatic carbocycles. The molecule has 0 aliphatic rings. The van der Waals surface area contributed by atoms with E-state index >= 15 is 0 Å². The molecular weight excluding hydrogens is 814 g/mol. The van der Waals surface area contributed by atoms with Gasteiger partial charge in [-0.2, -0.15) is 0 Å². The molecule has 0 bridgehead atoms. The van der Waals surface area contributed by atoms with Gasteiger partial charge in [0.1, 0.15) is 0 Å². The van der Waals surface area contributed by atoms with Crippen molar-refractivity contribution in [2.24, 2.45) is 0 Å². The number of nitrogens with zero attached hydrogens (tertiary/aromatic N) is 1. The molecule has 290 valence electrons. The van der Waals surface area contributed by atoms with Gasteiger partial charge in [0.05, 0.1) is 0 Å². The Hall–Kier alpha value is -7.48. The van der Waals surface area contributed by atoms with Crippen molar-refractivity contribution in [3.63, 3.8) is 0 Å². The summed E-state index contributed by atoms with van der Waals surface area (Å²) >= 11 is 0.131. The standard InChI is InChI=1S/C60H39NSe/c1-5-16-40(17-6-1)43-22-13-23-44(34-43)47-35-48(37-49(36-47)52-27-15-29-54-53-28-14-26-51(59(53)62-60(52)54)42-20-9-3-10-21-42)46-31-33-58-56(39-46)55-38-45(41-18-7-2-8-19-41)30-32-57(55)61(58)50-24-11-4-12-25-50/h1-39H. The van der Waals surface area contributed by atoms with E-state index in [0.717, 1.165) is 5.69 Å². The topological polar surface area (TPSA) is 4.93 Å². The van der Waals surface area contributed by atoms with Crippen LogP contribution in [0.2, 0.25) is 0 Å². The van der Waals surface area contributed by atoms with E-state index in [9.17, 15) is 0 Å². The number of hydrogen-bond acceptors (Lipinski definition) is 0. The molecule has 12 rings (SSSR count). The Morgan fingerprint density at radius 2 is 0.629 bits per heavy atom. The number of hydrogen-bond donors (Lipinski definition) is 0. The molecule has 0 fully saturated rings. The summed E-state index contributed by atoms with van der Waals surface area (Å²) in [5.41, 5.74) is 18.4. The normalized spacial score (nSPS) is 11.5. The predicted molar refractivity (Wildman–Crippen MR) is 265 cm³/mol. The summed E-state index contributed by atoms with van der Waals surface area (Å²) in [5.74, 6) is 0. The molecule has 12 aromatic rings. The van der Waals surface area contributed by atoms with Gasteiger partial charge in [-0.3, -0.25) is 0 Å². The Labute approximate surface area is 367 Å². The Balaban J connectivity index is 1.09. The van der Waals surface area contributed by atoms with E-state index in [1.165, 1.54) is 108 Å². The van der Waals surface area contributed by atoms with Crippen molar-refractivity contribution < 1.29 is 0 Å². The molecular formula is C60H39NSe. The van der Waals surface area contributed by atoms with Crippen LogP contribution >= 0.6 is 0 Å². The van der Waals surface area contributed by atoms with Gasteiger partial charge in [0.2, 0.25) is 0 Å². The number of rotatable bonds is 7. The van der Waals surface area contributed by atoms with Crippen LogP contribution < -0.4 is 0 Å². The Bertz CT molecular complexity index is 3600.